The molecule has 0 rings (SSSR count). The molecule has 2 atom stereocenters. The van der Waals surface area contributed by atoms with Crippen molar-refractivity contribution < 1.29 is 38.2 Å². The quantitative estimate of drug-likeness (QED) is 0.154. The first-order valence-electron chi connectivity index (χ1n) is 14.1. The monoisotopic (exact) mass is 583 g/mol. The summed E-state index contributed by atoms with van der Waals surface area (Å²) < 4.78 is 10.6. The van der Waals surface area contributed by atoms with Gasteiger partial charge in [-0.05, 0) is 79.1 Å². The lowest BCUT2D eigenvalue weighted by Gasteiger charge is -2.24. The lowest BCUT2D eigenvalue weighted by atomic mass is 9.87. The summed E-state index contributed by atoms with van der Waals surface area (Å²) in [7, 11) is 0. The second-order valence-corrected chi connectivity index (χ2v) is 13.0. The van der Waals surface area contributed by atoms with Crippen LogP contribution in [0.4, 0.5) is 4.79 Å². The molecule has 0 aromatic rings. The van der Waals surface area contributed by atoms with Gasteiger partial charge in [-0.25, -0.2) is 4.79 Å². The van der Waals surface area contributed by atoms with Gasteiger partial charge in [-0.2, -0.15) is 9.59 Å². The maximum absolute atomic E-state index is 12.7. The highest BCUT2D eigenvalue weighted by atomic mass is 16.6. The molecular weight excluding hydrogens is 530 g/mol. The van der Waals surface area contributed by atoms with Gasteiger partial charge in [0.05, 0.1) is 0 Å². The van der Waals surface area contributed by atoms with Gasteiger partial charge in [0.15, 0.2) is 0 Å². The van der Waals surface area contributed by atoms with Crippen LogP contribution in [0.3, 0.4) is 0 Å². The van der Waals surface area contributed by atoms with Crippen LogP contribution >= 0.6 is 0 Å². The van der Waals surface area contributed by atoms with E-state index in [0.29, 0.717) is 25.9 Å². The van der Waals surface area contributed by atoms with Crippen molar-refractivity contribution in [2.45, 2.75) is 125 Å². The fraction of sp³-hybridized carbons (Fsp3) is 0.767. The Morgan fingerprint density at radius 3 is 1.66 bits per heavy atom. The van der Waals surface area contributed by atoms with Crippen LogP contribution in [-0.2, 0) is 33.4 Å². The van der Waals surface area contributed by atoms with Gasteiger partial charge in [0.25, 0.3) is 0 Å². The number of carbonyl (C=O) groups excluding carboxylic acids is 6. The van der Waals surface area contributed by atoms with Crippen LogP contribution in [0.5, 0.6) is 0 Å². The maximum Gasteiger partial charge on any atom is 0.408 e. The molecular formula is C30H53N3O8. The van der Waals surface area contributed by atoms with E-state index in [1.165, 1.54) is 0 Å². The number of carbonyl (C=O) groups is 4. The molecule has 0 radical (unpaired) electrons. The van der Waals surface area contributed by atoms with Gasteiger partial charge in [0.1, 0.15) is 17.2 Å². The van der Waals surface area contributed by atoms with Gasteiger partial charge in [-0.1, -0.05) is 39.8 Å². The van der Waals surface area contributed by atoms with Gasteiger partial charge in [0.2, 0.25) is 11.8 Å². The van der Waals surface area contributed by atoms with Crippen LogP contribution < -0.4 is 16.0 Å². The lowest BCUT2D eigenvalue weighted by Crippen LogP contribution is -2.48. The predicted molar refractivity (Wildman–Crippen MR) is 155 cm³/mol. The largest absolute Gasteiger partial charge is 0.460 e. The van der Waals surface area contributed by atoms with Crippen molar-refractivity contribution in [2.24, 2.45) is 11.3 Å². The molecule has 236 valence electrons. The van der Waals surface area contributed by atoms with E-state index in [-0.39, 0.29) is 36.2 Å². The van der Waals surface area contributed by atoms with E-state index in [4.69, 9.17) is 19.1 Å². The highest BCUT2D eigenvalue weighted by molar-refractivity contribution is 5.86. The van der Waals surface area contributed by atoms with Crippen LogP contribution in [0.15, 0.2) is 12.2 Å². The third-order valence-electron chi connectivity index (χ3n) is 5.23. The zero-order chi connectivity index (χ0) is 32.3. The van der Waals surface area contributed by atoms with E-state index in [1.807, 2.05) is 19.1 Å². The summed E-state index contributed by atoms with van der Waals surface area (Å²) in [6.07, 6.45) is 6.65. The highest BCUT2D eigenvalue weighted by Crippen LogP contribution is 2.23. The third kappa shape index (κ3) is 26.8. The lowest BCUT2D eigenvalue weighted by molar-refractivity contribution is -0.191. The molecule has 3 amide bonds. The summed E-state index contributed by atoms with van der Waals surface area (Å²) in [5.74, 6) is -0.778. The van der Waals surface area contributed by atoms with Crippen LogP contribution in [0.1, 0.15) is 108 Å². The zero-order valence-corrected chi connectivity index (χ0v) is 26.7. The fourth-order valence-electron chi connectivity index (χ4n) is 3.24. The number of esters is 1. The topological polar surface area (TPSA) is 157 Å². The summed E-state index contributed by atoms with van der Waals surface area (Å²) in [6, 6.07) is -0.933. The summed E-state index contributed by atoms with van der Waals surface area (Å²) in [5, 5.41) is 8.31. The summed E-state index contributed by atoms with van der Waals surface area (Å²) in [6.45, 7) is 19.9. The van der Waals surface area contributed by atoms with Crippen molar-refractivity contribution in [1.29, 1.82) is 0 Å². The van der Waals surface area contributed by atoms with Crippen molar-refractivity contribution in [3.05, 3.63) is 12.2 Å². The number of amides is 3. The molecule has 0 heterocycles. The summed E-state index contributed by atoms with van der Waals surface area (Å²) in [5.41, 5.74) is -1.13. The zero-order valence-electron chi connectivity index (χ0n) is 26.7. The van der Waals surface area contributed by atoms with E-state index in [1.54, 1.807) is 41.5 Å². The Morgan fingerprint density at radius 1 is 0.756 bits per heavy atom. The Bertz CT molecular complexity index is 874. The molecule has 0 aliphatic carbocycles. The molecule has 0 aliphatic heterocycles. The Kier molecular flexibility index (Phi) is 19.3. The molecule has 3 N–H and O–H groups in total. The Labute approximate surface area is 245 Å². The minimum absolute atomic E-state index is 0.00836. The molecule has 0 bridgehead atoms. The number of rotatable bonds is 14. The molecule has 0 aliphatic rings. The van der Waals surface area contributed by atoms with E-state index in [0.717, 1.165) is 12.8 Å². The minimum Gasteiger partial charge on any atom is -0.460 e. The van der Waals surface area contributed by atoms with Crippen LogP contribution in [-0.4, -0.2) is 60.4 Å². The summed E-state index contributed by atoms with van der Waals surface area (Å²) >= 11 is 0. The molecule has 0 fully saturated rings. The van der Waals surface area contributed by atoms with E-state index >= 15 is 0 Å². The second-order valence-electron chi connectivity index (χ2n) is 13.0. The van der Waals surface area contributed by atoms with Crippen LogP contribution in [0.25, 0.3) is 0 Å². The molecule has 0 saturated carbocycles. The van der Waals surface area contributed by atoms with Crippen molar-refractivity contribution in [3.8, 4) is 0 Å². The van der Waals surface area contributed by atoms with Crippen molar-refractivity contribution >= 4 is 30.0 Å². The molecule has 0 spiro atoms. The van der Waals surface area contributed by atoms with Crippen molar-refractivity contribution in [2.75, 3.05) is 13.1 Å². The average Bonchev–Trinajstić information content (AvgIpc) is 2.79. The number of hydrogen-bond donors (Lipinski definition) is 3. The Hall–Kier alpha value is -3.20. The molecule has 0 aromatic heterocycles. The van der Waals surface area contributed by atoms with Crippen molar-refractivity contribution in [1.82, 2.24) is 16.0 Å². The normalized spacial score (nSPS) is 13.1. The Balaban J connectivity index is 0. The van der Waals surface area contributed by atoms with Gasteiger partial charge in [-0.3, -0.25) is 14.4 Å². The van der Waals surface area contributed by atoms with Crippen LogP contribution in [0.2, 0.25) is 0 Å². The van der Waals surface area contributed by atoms with Gasteiger partial charge < -0.3 is 25.4 Å². The first-order chi connectivity index (χ1) is 18.7. The first-order valence-corrected chi connectivity index (χ1v) is 14.1. The van der Waals surface area contributed by atoms with E-state index < -0.39 is 35.2 Å². The smallest absolute Gasteiger partial charge is 0.408 e. The van der Waals surface area contributed by atoms with E-state index in [9.17, 15) is 19.2 Å². The average molecular weight is 584 g/mol. The number of nitrogens with one attached hydrogen (secondary N) is 3. The van der Waals surface area contributed by atoms with Gasteiger partial charge in [0, 0.05) is 25.4 Å². The molecule has 11 heteroatoms. The SMILES string of the molecule is C[C@@H](CCC(C)(C)C)C(=O)NCC/C=C\CCNC(=O)[C@H](CCC(=O)OC(C)(C)C)NC(=O)OC(C)(C)C.O=C=O. The summed E-state index contributed by atoms with van der Waals surface area (Å²) in [4.78, 5) is 65.5. The highest BCUT2D eigenvalue weighted by Gasteiger charge is 2.26. The van der Waals surface area contributed by atoms with E-state index in [2.05, 4.69) is 36.7 Å². The Morgan fingerprint density at radius 2 is 1.22 bits per heavy atom. The predicted octanol–water partition coefficient (Wildman–Crippen LogP) is 4.45. The van der Waals surface area contributed by atoms with Gasteiger partial charge >= 0.3 is 18.2 Å². The molecule has 11 nitrogen and oxygen atoms in total. The standard InChI is InChI=1S/C29H53N3O6.CO2/c1-21(17-18-27(2,3)4)24(34)30-19-13-11-12-14-20-31-25(35)22(32-26(36)38-29(8,9)10)15-16-23(33)37-28(5,6)7;2-1-3/h11-12,21-22H,13-20H2,1-10H3,(H,30,34)(H,31,35)(H,32,36);/b12-11-;/t21-,22-;/m0./s1. The minimum atomic E-state index is -0.933. The first kappa shape index (κ1) is 39.9. The molecule has 41 heavy (non-hydrogen) atoms. The third-order valence-corrected chi connectivity index (χ3v) is 5.23. The second kappa shape index (κ2) is 19.8. The van der Waals surface area contributed by atoms with Crippen molar-refractivity contribution in [3.63, 3.8) is 0 Å². The molecule has 0 saturated heterocycles. The number of hydrogen-bond acceptors (Lipinski definition) is 8. The number of ether oxygens (including phenoxy) is 2. The molecule has 0 unspecified atom stereocenters. The maximum atomic E-state index is 12.7. The molecule has 0 aromatic carbocycles. The number of alkyl carbamates (subject to hydrolysis) is 1. The van der Waals surface area contributed by atoms with Crippen LogP contribution in [0, 0.1) is 11.3 Å². The van der Waals surface area contributed by atoms with Gasteiger partial charge in [-0.15, -0.1) is 0 Å². The fourth-order valence-corrected chi connectivity index (χ4v) is 3.24.